The van der Waals surface area contributed by atoms with E-state index in [1.54, 1.807) is 31.2 Å². The number of aliphatic hydroxyl groups excluding tert-OH is 2. The fourth-order valence-corrected chi connectivity index (χ4v) is 5.24. The maximum atomic E-state index is 14.3. The zero-order valence-corrected chi connectivity index (χ0v) is 21.0. The van der Waals surface area contributed by atoms with E-state index in [2.05, 4.69) is 15.4 Å². The van der Waals surface area contributed by atoms with E-state index in [0.29, 0.717) is 16.6 Å². The van der Waals surface area contributed by atoms with Gasteiger partial charge in [-0.25, -0.2) is 14.1 Å². The van der Waals surface area contributed by atoms with Gasteiger partial charge in [0, 0.05) is 5.56 Å². The number of pyridine rings is 1. The fourth-order valence-electron chi connectivity index (χ4n) is 4.45. The lowest BCUT2D eigenvalue weighted by Crippen LogP contribution is -2.29. The van der Waals surface area contributed by atoms with Gasteiger partial charge in [0.25, 0.3) is 0 Å². The number of rotatable bonds is 6. The zero-order chi connectivity index (χ0) is 26.5. The van der Waals surface area contributed by atoms with E-state index in [4.69, 9.17) is 16.3 Å². The molecule has 2 aromatic carbocycles. The van der Waals surface area contributed by atoms with Crippen LogP contribution in [0, 0.1) is 5.82 Å². The summed E-state index contributed by atoms with van der Waals surface area (Å²) >= 11 is 6.28. The van der Waals surface area contributed by atoms with Crippen LogP contribution >= 0.6 is 19.2 Å². The summed E-state index contributed by atoms with van der Waals surface area (Å²) in [4.78, 5) is 23.3. The van der Waals surface area contributed by atoms with Gasteiger partial charge in [0.2, 0.25) is 0 Å². The molecular formula is C24H23ClFN4O6P. The quantitative estimate of drug-likeness (QED) is 0.181. The van der Waals surface area contributed by atoms with E-state index in [0.717, 1.165) is 0 Å². The van der Waals surface area contributed by atoms with Crippen molar-refractivity contribution in [2.45, 2.75) is 37.5 Å². The molecule has 5 N–H and O–H groups in total. The maximum Gasteiger partial charge on any atom is 0.356 e. The molecular weight excluding hydrogens is 526 g/mol. The van der Waals surface area contributed by atoms with E-state index >= 15 is 0 Å². The third-order valence-corrected chi connectivity index (χ3v) is 7.44. The molecule has 13 heteroatoms. The van der Waals surface area contributed by atoms with Crippen molar-refractivity contribution in [2.75, 3.05) is 5.32 Å². The number of anilines is 1. The van der Waals surface area contributed by atoms with Crippen LogP contribution in [0.4, 0.5) is 10.1 Å². The van der Waals surface area contributed by atoms with Gasteiger partial charge in [0.15, 0.2) is 11.9 Å². The minimum absolute atomic E-state index is 0.108. The van der Waals surface area contributed by atoms with Gasteiger partial charge in [-0.2, -0.15) is 5.10 Å². The Bertz CT molecular complexity index is 1510. The van der Waals surface area contributed by atoms with E-state index in [1.807, 2.05) is 0 Å². The summed E-state index contributed by atoms with van der Waals surface area (Å²) in [5, 5.41) is 29.4. The summed E-state index contributed by atoms with van der Waals surface area (Å²) in [5.74, 6) is -0.361. The van der Waals surface area contributed by atoms with Crippen molar-refractivity contribution in [3.63, 3.8) is 0 Å². The number of nitrogens with zero attached hydrogens (tertiary/aromatic N) is 3. The third kappa shape index (κ3) is 4.87. The van der Waals surface area contributed by atoms with Crippen LogP contribution in [-0.4, -0.2) is 47.0 Å². The summed E-state index contributed by atoms with van der Waals surface area (Å²) in [5.41, 5.74) is 1.50. The molecule has 37 heavy (non-hydrogen) atoms. The molecule has 194 valence electrons. The molecule has 5 atom stereocenters. The van der Waals surface area contributed by atoms with Crippen molar-refractivity contribution in [3.8, 4) is 0 Å². The summed E-state index contributed by atoms with van der Waals surface area (Å²) in [7, 11) is -4.54. The van der Waals surface area contributed by atoms with Gasteiger partial charge in [-0.3, -0.25) is 4.57 Å². The summed E-state index contributed by atoms with van der Waals surface area (Å²) < 4.78 is 33.2. The predicted molar refractivity (Wildman–Crippen MR) is 134 cm³/mol. The summed E-state index contributed by atoms with van der Waals surface area (Å²) in [6.07, 6.45) is -3.66. The Morgan fingerprint density at radius 1 is 1.14 bits per heavy atom. The molecule has 5 rings (SSSR count). The van der Waals surface area contributed by atoms with Crippen LogP contribution in [-0.2, 0) is 9.30 Å². The minimum atomic E-state index is -4.54. The van der Waals surface area contributed by atoms with Crippen LogP contribution in [0.1, 0.15) is 36.4 Å². The number of aromatic nitrogens is 3. The molecule has 10 nitrogen and oxygen atoms in total. The normalized spacial score (nSPS) is 22.9. The predicted octanol–water partition coefficient (Wildman–Crippen LogP) is 3.19. The molecule has 0 amide bonds. The molecule has 0 saturated carbocycles. The Morgan fingerprint density at radius 3 is 2.62 bits per heavy atom. The standard InChI is InChI=1S/C24H23ClFN4O6P/c1-12(15-7-2-3-8-17(15)26)28-18-10-19(25)29-23-16(18)11-27-30(23)24-21(32)20(31)22(36-24)13-5-4-6-14(9-13)37(33,34)35/h2-12,20-22,24,31-32H,1H3,(H,28,29)(H2,33,34,35)/t12-,20-,21+,22+,24+/m0/s1. The van der Waals surface area contributed by atoms with E-state index in [-0.39, 0.29) is 27.5 Å². The van der Waals surface area contributed by atoms with Crippen LogP contribution < -0.4 is 10.6 Å². The second-order valence-electron chi connectivity index (χ2n) is 8.77. The molecule has 0 bridgehead atoms. The molecule has 2 aromatic heterocycles. The largest absolute Gasteiger partial charge is 0.387 e. The van der Waals surface area contributed by atoms with Crippen LogP contribution in [0.3, 0.4) is 0 Å². The minimum Gasteiger partial charge on any atom is -0.387 e. The second kappa shape index (κ2) is 9.77. The SMILES string of the molecule is C[C@H](Nc1cc(Cl)nc2c1cnn2[C@@H]1O[C@H](c2cccc(P(=O)(O)O)c2)[C@@H](O)[C@H]1O)c1ccccc1F. The van der Waals surface area contributed by atoms with Crippen LogP contribution in [0.2, 0.25) is 5.15 Å². The number of halogens is 2. The molecule has 0 unspecified atom stereocenters. The molecule has 0 aliphatic carbocycles. The van der Waals surface area contributed by atoms with Crippen molar-refractivity contribution in [2.24, 2.45) is 0 Å². The monoisotopic (exact) mass is 548 g/mol. The topological polar surface area (TPSA) is 150 Å². The van der Waals surface area contributed by atoms with Crippen molar-refractivity contribution in [1.82, 2.24) is 14.8 Å². The number of ether oxygens (including phenoxy) is 1. The first-order valence-corrected chi connectivity index (χ1v) is 13.3. The van der Waals surface area contributed by atoms with E-state index in [9.17, 15) is 29.0 Å². The highest BCUT2D eigenvalue weighted by atomic mass is 35.5. The number of benzene rings is 2. The number of fused-ring (bicyclic) bond motifs is 1. The van der Waals surface area contributed by atoms with E-state index < -0.39 is 38.2 Å². The van der Waals surface area contributed by atoms with Crippen LogP contribution in [0.15, 0.2) is 60.8 Å². The summed E-state index contributed by atoms with van der Waals surface area (Å²) in [6, 6.07) is 13.0. The first kappa shape index (κ1) is 25.7. The van der Waals surface area contributed by atoms with Gasteiger partial charge >= 0.3 is 7.60 Å². The Kier molecular flexibility index (Phi) is 6.80. The molecule has 3 heterocycles. The molecule has 4 aromatic rings. The highest BCUT2D eigenvalue weighted by molar-refractivity contribution is 7.60. The van der Waals surface area contributed by atoms with Crippen molar-refractivity contribution in [3.05, 3.63) is 82.9 Å². The average Bonchev–Trinajstić information content (AvgIpc) is 3.39. The molecule has 0 radical (unpaired) electrons. The smallest absolute Gasteiger partial charge is 0.356 e. The van der Waals surface area contributed by atoms with Gasteiger partial charge in [0.1, 0.15) is 29.3 Å². The number of aliphatic hydroxyl groups is 2. The molecule has 1 aliphatic rings. The third-order valence-electron chi connectivity index (χ3n) is 6.29. The first-order chi connectivity index (χ1) is 17.5. The highest BCUT2D eigenvalue weighted by Crippen LogP contribution is 2.42. The van der Waals surface area contributed by atoms with Crippen molar-refractivity contribution >= 4 is 41.2 Å². The molecule has 1 aliphatic heterocycles. The molecule has 1 fully saturated rings. The van der Waals surface area contributed by atoms with Crippen molar-refractivity contribution < 1.29 is 33.7 Å². The lowest BCUT2D eigenvalue weighted by Gasteiger charge is -2.18. The lowest BCUT2D eigenvalue weighted by atomic mass is 10.0. The van der Waals surface area contributed by atoms with E-state index in [1.165, 1.54) is 41.2 Å². The van der Waals surface area contributed by atoms with Gasteiger partial charge in [-0.15, -0.1) is 0 Å². The van der Waals surface area contributed by atoms with Gasteiger partial charge in [-0.05, 0) is 36.8 Å². The van der Waals surface area contributed by atoms with Gasteiger partial charge in [-0.1, -0.05) is 41.9 Å². The highest BCUT2D eigenvalue weighted by Gasteiger charge is 2.45. The maximum absolute atomic E-state index is 14.3. The number of nitrogens with one attached hydrogen (secondary N) is 1. The summed E-state index contributed by atoms with van der Waals surface area (Å²) in [6.45, 7) is 1.79. The Morgan fingerprint density at radius 2 is 1.89 bits per heavy atom. The second-order valence-corrected chi connectivity index (χ2v) is 10.8. The fraction of sp³-hybridized carbons (Fsp3) is 0.250. The first-order valence-electron chi connectivity index (χ1n) is 11.3. The van der Waals surface area contributed by atoms with Crippen LogP contribution in [0.25, 0.3) is 11.0 Å². The number of hydrogen-bond acceptors (Lipinski definition) is 7. The lowest BCUT2D eigenvalue weighted by molar-refractivity contribution is -0.0428. The zero-order valence-electron chi connectivity index (χ0n) is 19.3. The number of hydrogen-bond donors (Lipinski definition) is 5. The van der Waals surface area contributed by atoms with Gasteiger partial charge < -0.3 is 30.1 Å². The Hall–Kier alpha value is -2.89. The Balaban J connectivity index is 1.48. The van der Waals surface area contributed by atoms with Crippen molar-refractivity contribution in [1.29, 1.82) is 0 Å². The molecule has 1 saturated heterocycles. The van der Waals surface area contributed by atoms with Crippen LogP contribution in [0.5, 0.6) is 0 Å². The van der Waals surface area contributed by atoms with Gasteiger partial charge in [0.05, 0.1) is 28.6 Å². The average molecular weight is 549 g/mol. The molecule has 0 spiro atoms. The Labute approximate surface area is 215 Å².